The van der Waals surface area contributed by atoms with Gasteiger partial charge in [0.25, 0.3) is 5.91 Å². The first-order valence-electron chi connectivity index (χ1n) is 11.0. The number of hydrogen-bond donors (Lipinski definition) is 0. The largest absolute Gasteiger partial charge is 0.465 e. The van der Waals surface area contributed by atoms with E-state index in [9.17, 15) is 14.0 Å². The Kier molecular flexibility index (Phi) is 6.00. The van der Waals surface area contributed by atoms with Crippen molar-refractivity contribution < 1.29 is 18.7 Å². The smallest absolute Gasteiger partial charge is 0.340 e. The van der Waals surface area contributed by atoms with E-state index in [1.165, 1.54) is 24.1 Å². The van der Waals surface area contributed by atoms with E-state index >= 15 is 0 Å². The summed E-state index contributed by atoms with van der Waals surface area (Å²) < 4.78 is 21.7. The van der Waals surface area contributed by atoms with Crippen molar-refractivity contribution in [1.82, 2.24) is 4.57 Å². The molecule has 0 N–H and O–H groups in total. The molecule has 5 nitrogen and oxygen atoms in total. The minimum atomic E-state index is -0.640. The van der Waals surface area contributed by atoms with Crippen molar-refractivity contribution in [3.05, 3.63) is 99.3 Å². The second kappa shape index (κ2) is 8.78. The lowest BCUT2D eigenvalue weighted by Gasteiger charge is -2.18. The molecule has 2 heterocycles. The highest BCUT2D eigenvalue weighted by molar-refractivity contribution is 6.23. The average molecular weight is 459 g/mol. The van der Waals surface area contributed by atoms with Crippen LogP contribution < -0.4 is 4.90 Å². The van der Waals surface area contributed by atoms with Gasteiger partial charge in [-0.1, -0.05) is 24.3 Å². The number of rotatable bonds is 4. The van der Waals surface area contributed by atoms with E-state index in [1.807, 2.05) is 26.8 Å². The fourth-order valence-corrected chi connectivity index (χ4v) is 4.52. The summed E-state index contributed by atoms with van der Waals surface area (Å²) in [4.78, 5) is 27.4. The van der Waals surface area contributed by atoms with Crippen LogP contribution in [0, 0.1) is 33.5 Å². The number of aryl methyl sites for hydroxylation is 3. The summed E-state index contributed by atoms with van der Waals surface area (Å²) in [5.74, 6) is -1.66. The van der Waals surface area contributed by atoms with Gasteiger partial charge < -0.3 is 9.30 Å². The molecule has 4 rings (SSSR count). The standard InChI is InChI=1S/C28H27FN2O3/c1-16-11-12-17(2)25(13-16)30-18(3)14-21(19(30)4)15-22-26(28(33)34-6)20(5)31(27(22)32)24-10-8-7-9-23(24)29/h7-15H,1-6H3/b22-15-. The zero-order valence-electron chi connectivity index (χ0n) is 20.2. The van der Waals surface area contributed by atoms with E-state index in [0.717, 1.165) is 33.8 Å². The highest BCUT2D eigenvalue weighted by Gasteiger charge is 2.39. The van der Waals surface area contributed by atoms with Crippen LogP contribution in [0.3, 0.4) is 0 Å². The van der Waals surface area contributed by atoms with Crippen molar-refractivity contribution in [1.29, 1.82) is 0 Å². The van der Waals surface area contributed by atoms with Gasteiger partial charge in [0.2, 0.25) is 0 Å². The van der Waals surface area contributed by atoms with Crippen molar-refractivity contribution >= 4 is 23.6 Å². The minimum absolute atomic E-state index is 0.0932. The van der Waals surface area contributed by atoms with E-state index in [0.29, 0.717) is 5.70 Å². The van der Waals surface area contributed by atoms with Crippen molar-refractivity contribution in [3.63, 3.8) is 0 Å². The van der Waals surface area contributed by atoms with Gasteiger partial charge in [-0.05, 0) is 81.7 Å². The molecule has 174 valence electrons. The lowest BCUT2D eigenvalue weighted by molar-refractivity contribution is -0.136. The van der Waals surface area contributed by atoms with Gasteiger partial charge in [0.05, 0.1) is 23.9 Å². The zero-order valence-corrected chi connectivity index (χ0v) is 20.2. The summed E-state index contributed by atoms with van der Waals surface area (Å²) in [5.41, 5.74) is 6.78. The molecule has 34 heavy (non-hydrogen) atoms. The number of carbonyl (C=O) groups is 2. The Bertz CT molecular complexity index is 1390. The Morgan fingerprint density at radius 2 is 1.68 bits per heavy atom. The zero-order chi connectivity index (χ0) is 24.7. The molecule has 1 amide bonds. The molecule has 0 unspecified atom stereocenters. The summed E-state index contributed by atoms with van der Waals surface area (Å²) in [5, 5.41) is 0. The van der Waals surface area contributed by atoms with Crippen molar-refractivity contribution in [2.45, 2.75) is 34.6 Å². The third kappa shape index (κ3) is 3.75. The summed E-state index contributed by atoms with van der Waals surface area (Å²) in [6, 6.07) is 14.3. The molecular formula is C28H27FN2O3. The molecule has 0 spiro atoms. The third-order valence-electron chi connectivity index (χ3n) is 6.26. The molecule has 0 bridgehead atoms. The maximum Gasteiger partial charge on any atom is 0.340 e. The first-order chi connectivity index (χ1) is 16.1. The molecular weight excluding hydrogens is 431 g/mol. The van der Waals surface area contributed by atoms with Gasteiger partial charge in [-0.25, -0.2) is 9.18 Å². The highest BCUT2D eigenvalue weighted by atomic mass is 19.1. The minimum Gasteiger partial charge on any atom is -0.465 e. The Morgan fingerprint density at radius 1 is 0.971 bits per heavy atom. The number of methoxy groups -OCH3 is 1. The molecule has 0 atom stereocenters. The lowest BCUT2D eigenvalue weighted by atomic mass is 10.0. The van der Waals surface area contributed by atoms with Gasteiger partial charge in [-0.15, -0.1) is 0 Å². The molecule has 3 aromatic rings. The number of hydrogen-bond acceptors (Lipinski definition) is 3. The number of halogens is 1. The van der Waals surface area contributed by atoms with Crippen molar-refractivity contribution in [2.24, 2.45) is 0 Å². The number of nitrogens with zero attached hydrogens (tertiary/aromatic N) is 2. The Labute approximate surface area is 198 Å². The predicted molar refractivity (Wildman–Crippen MR) is 131 cm³/mol. The second-order valence-electron chi connectivity index (χ2n) is 8.55. The first kappa shape index (κ1) is 23.2. The molecule has 0 saturated carbocycles. The number of esters is 1. The van der Waals surface area contributed by atoms with Gasteiger partial charge in [-0.3, -0.25) is 9.69 Å². The van der Waals surface area contributed by atoms with Crippen LogP contribution >= 0.6 is 0 Å². The van der Waals surface area contributed by atoms with E-state index < -0.39 is 17.7 Å². The van der Waals surface area contributed by atoms with Crippen LogP contribution in [-0.4, -0.2) is 23.6 Å². The third-order valence-corrected chi connectivity index (χ3v) is 6.26. The second-order valence-corrected chi connectivity index (χ2v) is 8.55. The summed E-state index contributed by atoms with van der Waals surface area (Å²) in [6.45, 7) is 9.70. The van der Waals surface area contributed by atoms with E-state index in [1.54, 1.807) is 25.1 Å². The molecule has 6 heteroatoms. The number of allylic oxidation sites excluding steroid dienone is 1. The van der Waals surface area contributed by atoms with Crippen molar-refractivity contribution in [2.75, 3.05) is 12.0 Å². The number of para-hydroxylation sites is 1. The van der Waals surface area contributed by atoms with Crippen LogP contribution in [0.25, 0.3) is 11.8 Å². The molecule has 1 aromatic heterocycles. The van der Waals surface area contributed by atoms with Gasteiger partial charge in [0, 0.05) is 22.8 Å². The van der Waals surface area contributed by atoms with Crippen LogP contribution in [0.2, 0.25) is 0 Å². The topological polar surface area (TPSA) is 51.5 Å². The molecule has 0 saturated heterocycles. The van der Waals surface area contributed by atoms with Crippen LogP contribution in [0.15, 0.2) is 65.4 Å². The SMILES string of the molecule is COC(=O)C1=C(C)N(c2ccccc2F)C(=O)/C1=C\c1cc(C)n(-c2cc(C)ccc2C)c1C. The number of carbonyl (C=O) groups excluding carboxylic acids is 2. The lowest BCUT2D eigenvalue weighted by Crippen LogP contribution is -2.25. The van der Waals surface area contributed by atoms with E-state index in [-0.39, 0.29) is 16.8 Å². The van der Waals surface area contributed by atoms with Gasteiger partial charge in [0.15, 0.2) is 0 Å². The molecule has 0 fully saturated rings. The summed E-state index contributed by atoms with van der Waals surface area (Å²) in [6.07, 6.45) is 1.70. The Morgan fingerprint density at radius 3 is 2.35 bits per heavy atom. The van der Waals surface area contributed by atoms with E-state index in [4.69, 9.17) is 4.74 Å². The summed E-state index contributed by atoms with van der Waals surface area (Å²) in [7, 11) is 1.27. The highest BCUT2D eigenvalue weighted by Crippen LogP contribution is 2.37. The summed E-state index contributed by atoms with van der Waals surface area (Å²) >= 11 is 0. The van der Waals surface area contributed by atoms with Crippen molar-refractivity contribution in [3.8, 4) is 5.69 Å². The normalized spacial score (nSPS) is 15.0. The van der Waals surface area contributed by atoms with Gasteiger partial charge >= 0.3 is 5.97 Å². The fourth-order valence-electron chi connectivity index (χ4n) is 4.52. The number of amides is 1. The molecule has 0 radical (unpaired) electrons. The average Bonchev–Trinajstić information content (AvgIpc) is 3.21. The van der Waals surface area contributed by atoms with Crippen LogP contribution in [0.4, 0.5) is 10.1 Å². The predicted octanol–water partition coefficient (Wildman–Crippen LogP) is 5.73. The fraction of sp³-hybridized carbons (Fsp3) is 0.214. The number of aromatic nitrogens is 1. The molecule has 0 aliphatic carbocycles. The molecule has 1 aliphatic heterocycles. The van der Waals surface area contributed by atoms with E-state index in [2.05, 4.69) is 29.7 Å². The van der Waals surface area contributed by atoms with Crippen LogP contribution in [-0.2, 0) is 14.3 Å². The van der Waals surface area contributed by atoms with Crippen LogP contribution in [0.5, 0.6) is 0 Å². The number of benzene rings is 2. The molecule has 1 aliphatic rings. The maximum absolute atomic E-state index is 14.6. The monoisotopic (exact) mass is 458 g/mol. The Balaban J connectivity index is 1.89. The van der Waals surface area contributed by atoms with Gasteiger partial charge in [0.1, 0.15) is 5.82 Å². The first-order valence-corrected chi connectivity index (χ1v) is 11.0. The van der Waals surface area contributed by atoms with Gasteiger partial charge in [-0.2, -0.15) is 0 Å². The maximum atomic E-state index is 14.6. The number of anilines is 1. The Hall–Kier alpha value is -3.93. The molecule has 2 aromatic carbocycles. The number of ether oxygens (including phenoxy) is 1. The van der Waals surface area contributed by atoms with Crippen LogP contribution in [0.1, 0.15) is 35.0 Å². The quantitative estimate of drug-likeness (QED) is 0.371.